The quantitative estimate of drug-likeness (QED) is 0.390. The van der Waals surface area contributed by atoms with Gasteiger partial charge in [-0.15, -0.1) is 5.10 Å². The Bertz CT molecular complexity index is 1440. The maximum Gasteiger partial charge on any atom is 0.245 e. The van der Waals surface area contributed by atoms with E-state index < -0.39 is 9.84 Å². The van der Waals surface area contributed by atoms with Gasteiger partial charge in [0, 0.05) is 24.1 Å². The van der Waals surface area contributed by atoms with E-state index in [2.05, 4.69) is 44.6 Å². The highest BCUT2D eigenvalue weighted by molar-refractivity contribution is 7.90. The monoisotopic (exact) mass is 505 g/mol. The maximum absolute atomic E-state index is 11.8. The minimum atomic E-state index is -3.24. The molecule has 0 unspecified atom stereocenters. The molecule has 1 aliphatic rings. The van der Waals surface area contributed by atoms with Crippen LogP contribution in [0.5, 0.6) is 0 Å². The summed E-state index contributed by atoms with van der Waals surface area (Å²) in [5.41, 5.74) is 4.82. The zero-order valence-electron chi connectivity index (χ0n) is 20.5. The second-order valence-electron chi connectivity index (χ2n) is 9.60. The number of β-amino-alcohol motifs (C(OH)–C–C–N with tert-alkyl or cyclic N) is 1. The molecule has 1 fully saturated rings. The van der Waals surface area contributed by atoms with Gasteiger partial charge in [-0.1, -0.05) is 24.3 Å². The van der Waals surface area contributed by atoms with Crippen LogP contribution in [0.2, 0.25) is 0 Å². The van der Waals surface area contributed by atoms with Crippen molar-refractivity contribution in [3.05, 3.63) is 72.4 Å². The van der Waals surface area contributed by atoms with Gasteiger partial charge in [0.2, 0.25) is 5.95 Å². The van der Waals surface area contributed by atoms with Gasteiger partial charge in [-0.05, 0) is 80.7 Å². The molecule has 0 radical (unpaired) electrons. The number of nitrogens with zero attached hydrogens (tertiary/aromatic N) is 4. The van der Waals surface area contributed by atoms with Gasteiger partial charge >= 0.3 is 0 Å². The van der Waals surface area contributed by atoms with Crippen molar-refractivity contribution in [3.63, 3.8) is 0 Å². The van der Waals surface area contributed by atoms with Crippen LogP contribution in [0.1, 0.15) is 31.2 Å². The summed E-state index contributed by atoms with van der Waals surface area (Å²) < 4.78 is 25.4. The Morgan fingerprint density at radius 2 is 1.72 bits per heavy atom. The summed E-state index contributed by atoms with van der Waals surface area (Å²) >= 11 is 0. The lowest BCUT2D eigenvalue weighted by Gasteiger charge is -2.32. The Hall–Kier alpha value is -3.27. The van der Waals surface area contributed by atoms with Crippen LogP contribution in [0.25, 0.3) is 16.8 Å². The second-order valence-corrected chi connectivity index (χ2v) is 11.6. The minimum absolute atomic E-state index is 0.281. The molecule has 1 atom stereocenters. The molecule has 188 valence electrons. The third-order valence-corrected chi connectivity index (χ3v) is 7.85. The van der Waals surface area contributed by atoms with Crippen molar-refractivity contribution in [1.82, 2.24) is 19.5 Å². The largest absolute Gasteiger partial charge is 0.392 e. The van der Waals surface area contributed by atoms with Gasteiger partial charge in [-0.2, -0.15) is 0 Å². The summed E-state index contributed by atoms with van der Waals surface area (Å²) in [5.74, 6) is 1.01. The summed E-state index contributed by atoms with van der Waals surface area (Å²) in [6.07, 6.45) is 4.88. The first-order chi connectivity index (χ1) is 17.3. The fraction of sp³-hybridized carbons (Fsp3) is 0.333. The molecule has 9 heteroatoms. The van der Waals surface area contributed by atoms with E-state index in [0.29, 0.717) is 11.9 Å². The highest BCUT2D eigenvalue weighted by atomic mass is 32.2. The van der Waals surface area contributed by atoms with Gasteiger partial charge in [0.15, 0.2) is 9.84 Å². The molecule has 2 aromatic heterocycles. The van der Waals surface area contributed by atoms with Crippen molar-refractivity contribution in [3.8, 4) is 11.3 Å². The Balaban J connectivity index is 1.29. The standard InChI is InChI=1S/C27H31N5O3S/c1-19(33)18-31-15-13-21(14-16-31)20-3-7-23(8-4-20)29-27-28-17-24-9-12-26(32(24)30-27)22-5-10-25(11-6-22)36(2,34)35/h3-12,17,19,21,33H,13-16,18H2,1-2H3,(H,29,30)/t19-/m0/s1. The average Bonchev–Trinajstić information content (AvgIpc) is 3.28. The number of anilines is 2. The number of likely N-dealkylation sites (tertiary alicyclic amines) is 1. The van der Waals surface area contributed by atoms with Crippen molar-refractivity contribution in [1.29, 1.82) is 0 Å². The summed E-state index contributed by atoms with van der Waals surface area (Å²) in [6, 6.07) is 19.2. The normalized spacial score (nSPS) is 16.3. The lowest BCUT2D eigenvalue weighted by molar-refractivity contribution is 0.109. The molecule has 5 rings (SSSR count). The van der Waals surface area contributed by atoms with Crippen LogP contribution in [0, 0.1) is 0 Å². The molecule has 3 heterocycles. The fourth-order valence-corrected chi connectivity index (χ4v) is 5.47. The third-order valence-electron chi connectivity index (χ3n) is 6.73. The van der Waals surface area contributed by atoms with Crippen LogP contribution in [0.4, 0.5) is 11.6 Å². The number of fused-ring (bicyclic) bond motifs is 1. The number of aliphatic hydroxyl groups is 1. The number of rotatable bonds is 7. The van der Waals surface area contributed by atoms with Gasteiger partial charge in [-0.25, -0.2) is 17.9 Å². The van der Waals surface area contributed by atoms with E-state index in [1.807, 2.05) is 19.1 Å². The number of aromatic nitrogens is 3. The number of benzene rings is 2. The first-order valence-corrected chi connectivity index (χ1v) is 14.1. The van der Waals surface area contributed by atoms with Gasteiger partial charge in [0.05, 0.1) is 28.4 Å². The van der Waals surface area contributed by atoms with Gasteiger partial charge < -0.3 is 15.3 Å². The Morgan fingerprint density at radius 3 is 2.36 bits per heavy atom. The molecule has 0 spiro atoms. The molecule has 1 saturated heterocycles. The molecule has 0 saturated carbocycles. The number of sulfone groups is 1. The summed E-state index contributed by atoms with van der Waals surface area (Å²) in [6.45, 7) is 4.61. The Morgan fingerprint density at radius 1 is 1.03 bits per heavy atom. The van der Waals surface area contributed by atoms with Crippen LogP contribution in [0.15, 0.2) is 71.8 Å². The molecule has 2 aromatic carbocycles. The minimum Gasteiger partial charge on any atom is -0.392 e. The first kappa shape index (κ1) is 24.4. The lowest BCUT2D eigenvalue weighted by Crippen LogP contribution is -2.37. The lowest BCUT2D eigenvalue weighted by atomic mass is 9.89. The summed E-state index contributed by atoms with van der Waals surface area (Å²) in [7, 11) is -3.24. The van der Waals surface area contributed by atoms with E-state index in [1.54, 1.807) is 35.0 Å². The Kier molecular flexibility index (Phi) is 6.79. The summed E-state index contributed by atoms with van der Waals surface area (Å²) in [5, 5.41) is 17.6. The van der Waals surface area contributed by atoms with Crippen LogP contribution < -0.4 is 5.32 Å². The van der Waals surface area contributed by atoms with Crippen molar-refractivity contribution in [2.24, 2.45) is 0 Å². The number of piperidine rings is 1. The highest BCUT2D eigenvalue weighted by Gasteiger charge is 2.21. The smallest absolute Gasteiger partial charge is 0.245 e. The van der Waals surface area contributed by atoms with Crippen molar-refractivity contribution in [2.45, 2.75) is 36.7 Å². The molecule has 36 heavy (non-hydrogen) atoms. The third kappa shape index (κ3) is 5.43. The molecule has 2 N–H and O–H groups in total. The Labute approximate surface area is 211 Å². The van der Waals surface area contributed by atoms with Crippen molar-refractivity contribution >= 4 is 27.0 Å². The molecular weight excluding hydrogens is 474 g/mol. The van der Waals surface area contributed by atoms with Gasteiger partial charge in [0.25, 0.3) is 0 Å². The van der Waals surface area contributed by atoms with Crippen molar-refractivity contribution in [2.75, 3.05) is 31.2 Å². The number of aliphatic hydroxyl groups excluding tert-OH is 1. The number of nitrogens with one attached hydrogen (secondary N) is 1. The number of hydrogen-bond donors (Lipinski definition) is 2. The second kappa shape index (κ2) is 10.0. The summed E-state index contributed by atoms with van der Waals surface area (Å²) in [4.78, 5) is 7.07. The van der Waals surface area contributed by atoms with Gasteiger partial charge in [-0.3, -0.25) is 0 Å². The molecule has 0 amide bonds. The van der Waals surface area contributed by atoms with Crippen LogP contribution in [0.3, 0.4) is 0 Å². The molecule has 1 aliphatic heterocycles. The molecule has 0 aliphatic carbocycles. The molecule has 8 nitrogen and oxygen atoms in total. The molecule has 4 aromatic rings. The highest BCUT2D eigenvalue weighted by Crippen LogP contribution is 2.29. The van der Waals surface area contributed by atoms with E-state index in [-0.39, 0.29) is 11.0 Å². The van der Waals surface area contributed by atoms with E-state index >= 15 is 0 Å². The average molecular weight is 506 g/mol. The van der Waals surface area contributed by atoms with E-state index in [1.165, 1.54) is 11.8 Å². The predicted molar refractivity (Wildman–Crippen MR) is 141 cm³/mol. The van der Waals surface area contributed by atoms with Crippen LogP contribution >= 0.6 is 0 Å². The predicted octanol–water partition coefficient (Wildman–Crippen LogP) is 4.10. The molecular formula is C27H31N5O3S. The van der Waals surface area contributed by atoms with Crippen LogP contribution in [-0.2, 0) is 9.84 Å². The zero-order chi connectivity index (χ0) is 25.3. The van der Waals surface area contributed by atoms with E-state index in [0.717, 1.165) is 54.9 Å². The fourth-order valence-electron chi connectivity index (χ4n) is 4.84. The topological polar surface area (TPSA) is 99.8 Å². The zero-order valence-corrected chi connectivity index (χ0v) is 21.3. The number of hydrogen-bond acceptors (Lipinski definition) is 7. The van der Waals surface area contributed by atoms with Gasteiger partial charge in [0.1, 0.15) is 0 Å². The van der Waals surface area contributed by atoms with Crippen molar-refractivity contribution < 1.29 is 13.5 Å². The van der Waals surface area contributed by atoms with E-state index in [9.17, 15) is 13.5 Å². The SMILES string of the molecule is C[C@H](O)CN1CCC(c2ccc(Nc3ncc4ccc(-c5ccc(S(C)(=O)=O)cc5)n4n3)cc2)CC1. The maximum atomic E-state index is 11.8. The first-order valence-electron chi connectivity index (χ1n) is 12.2. The molecule has 0 bridgehead atoms. The van der Waals surface area contributed by atoms with E-state index in [4.69, 9.17) is 0 Å². The van der Waals surface area contributed by atoms with Crippen LogP contribution in [-0.4, -0.2) is 65.0 Å².